The lowest BCUT2D eigenvalue weighted by Gasteiger charge is -2.27. The molecule has 0 aliphatic carbocycles. The molecule has 0 aromatic heterocycles. The van der Waals surface area contributed by atoms with Gasteiger partial charge in [0.2, 0.25) is 0 Å². The van der Waals surface area contributed by atoms with Crippen LogP contribution in [0.2, 0.25) is 0 Å². The lowest BCUT2D eigenvalue weighted by molar-refractivity contribution is -0.136. The first-order chi connectivity index (χ1) is 10.4. The third-order valence-electron chi connectivity index (χ3n) is 4.04. The fraction of sp³-hybridized carbons (Fsp3) is 1.00. The number of halogens is 3. The Morgan fingerprint density at radius 2 is 1.32 bits per heavy atom. The molecule has 0 amide bonds. The molecular weight excluding hydrogens is 325 g/mol. The van der Waals surface area contributed by atoms with Crippen molar-refractivity contribution in [3.63, 3.8) is 0 Å². The Hall–Kier alpha value is 0.490. The lowest BCUT2D eigenvalue weighted by atomic mass is 9.90. The molecule has 5 heteroatoms. The first-order valence-corrected chi connectivity index (χ1v) is 11.3. The van der Waals surface area contributed by atoms with E-state index in [0.29, 0.717) is 0 Å². The van der Waals surface area contributed by atoms with Crippen LogP contribution in [0.15, 0.2) is 0 Å². The van der Waals surface area contributed by atoms with Crippen molar-refractivity contribution in [3.8, 4) is 0 Å². The van der Waals surface area contributed by atoms with E-state index in [4.69, 9.17) is 0 Å². The Kier molecular flexibility index (Phi) is 14.2. The van der Waals surface area contributed by atoms with Gasteiger partial charge in [-0.25, -0.2) is 0 Å². The number of hydrogen-bond donors (Lipinski definition) is 0. The second kappa shape index (κ2) is 13.9. The SMILES string of the molecule is CCCCCCC(CCCCCC)C(CC(F)(F)F)SSC. The van der Waals surface area contributed by atoms with Crippen LogP contribution in [0.5, 0.6) is 0 Å². The van der Waals surface area contributed by atoms with Gasteiger partial charge in [-0.15, -0.1) is 0 Å². The van der Waals surface area contributed by atoms with E-state index in [2.05, 4.69) is 13.8 Å². The molecule has 0 fully saturated rings. The topological polar surface area (TPSA) is 0 Å². The molecule has 0 saturated heterocycles. The third-order valence-corrected chi connectivity index (χ3v) is 6.35. The summed E-state index contributed by atoms with van der Waals surface area (Å²) in [5.74, 6) is 0.216. The van der Waals surface area contributed by atoms with Crippen molar-refractivity contribution < 1.29 is 13.2 Å². The third kappa shape index (κ3) is 13.0. The predicted molar refractivity (Wildman–Crippen MR) is 96.6 cm³/mol. The van der Waals surface area contributed by atoms with Gasteiger partial charge in [0.1, 0.15) is 0 Å². The van der Waals surface area contributed by atoms with E-state index in [-0.39, 0.29) is 11.2 Å². The Morgan fingerprint density at radius 1 is 0.818 bits per heavy atom. The molecule has 0 saturated carbocycles. The molecule has 0 N–H and O–H groups in total. The zero-order valence-corrected chi connectivity index (χ0v) is 16.0. The Bertz CT molecular complexity index is 233. The van der Waals surface area contributed by atoms with Crippen molar-refractivity contribution in [3.05, 3.63) is 0 Å². The predicted octanol–water partition coefficient (Wildman–Crippen LogP) is 7.88. The average molecular weight is 359 g/mol. The van der Waals surface area contributed by atoms with Crippen molar-refractivity contribution in [2.45, 2.75) is 95.9 Å². The van der Waals surface area contributed by atoms with Crippen molar-refractivity contribution in [1.82, 2.24) is 0 Å². The smallest absolute Gasteiger partial charge is 0.171 e. The maximum Gasteiger partial charge on any atom is 0.390 e. The van der Waals surface area contributed by atoms with Gasteiger partial charge in [0.15, 0.2) is 0 Å². The molecular formula is C17H33F3S2. The molecule has 0 bridgehead atoms. The van der Waals surface area contributed by atoms with Gasteiger partial charge in [-0.3, -0.25) is 0 Å². The molecule has 1 unspecified atom stereocenters. The second-order valence-electron chi connectivity index (χ2n) is 6.08. The zero-order valence-electron chi connectivity index (χ0n) is 14.4. The van der Waals surface area contributed by atoms with Gasteiger partial charge in [-0.2, -0.15) is 13.2 Å². The summed E-state index contributed by atoms with van der Waals surface area (Å²) in [5, 5.41) is -0.279. The molecule has 0 aromatic carbocycles. The van der Waals surface area contributed by atoms with E-state index in [1.54, 1.807) is 0 Å². The van der Waals surface area contributed by atoms with Crippen LogP contribution in [-0.4, -0.2) is 17.7 Å². The minimum atomic E-state index is -4.04. The largest absolute Gasteiger partial charge is 0.390 e. The molecule has 0 aliphatic rings. The summed E-state index contributed by atoms with van der Waals surface area (Å²) in [4.78, 5) is 0. The Morgan fingerprint density at radius 3 is 1.68 bits per heavy atom. The van der Waals surface area contributed by atoms with Gasteiger partial charge in [-0.1, -0.05) is 86.8 Å². The maximum absolute atomic E-state index is 12.9. The summed E-state index contributed by atoms with van der Waals surface area (Å²) in [6.45, 7) is 4.33. The van der Waals surface area contributed by atoms with E-state index in [1.165, 1.54) is 47.3 Å². The summed E-state index contributed by atoms with van der Waals surface area (Å²) in [6, 6.07) is 0. The molecule has 0 nitrogen and oxygen atoms in total. The van der Waals surface area contributed by atoms with E-state index in [9.17, 15) is 13.2 Å². The van der Waals surface area contributed by atoms with Gasteiger partial charge in [0.25, 0.3) is 0 Å². The molecule has 0 aromatic rings. The van der Waals surface area contributed by atoms with Gasteiger partial charge in [0, 0.05) is 5.25 Å². The lowest BCUT2D eigenvalue weighted by Crippen LogP contribution is -2.24. The van der Waals surface area contributed by atoms with Gasteiger partial charge in [0.05, 0.1) is 6.42 Å². The Labute approximate surface area is 143 Å². The molecule has 0 rings (SSSR count). The van der Waals surface area contributed by atoms with Gasteiger partial charge >= 0.3 is 6.18 Å². The Balaban J connectivity index is 4.50. The summed E-state index contributed by atoms with van der Waals surface area (Å²) >= 11 is 0. The fourth-order valence-corrected chi connectivity index (χ4v) is 5.16. The fourth-order valence-electron chi connectivity index (χ4n) is 2.81. The van der Waals surface area contributed by atoms with Crippen molar-refractivity contribution in [2.75, 3.05) is 6.26 Å². The number of unbranched alkanes of at least 4 members (excludes halogenated alkanes) is 6. The van der Waals surface area contributed by atoms with E-state index < -0.39 is 12.6 Å². The van der Waals surface area contributed by atoms with E-state index in [0.717, 1.165) is 38.5 Å². The maximum atomic E-state index is 12.9. The van der Waals surface area contributed by atoms with Crippen LogP contribution in [0.4, 0.5) is 13.2 Å². The van der Waals surface area contributed by atoms with E-state index in [1.807, 2.05) is 6.26 Å². The minimum absolute atomic E-state index is 0.216. The monoisotopic (exact) mass is 358 g/mol. The molecule has 0 spiro atoms. The number of hydrogen-bond acceptors (Lipinski definition) is 2. The van der Waals surface area contributed by atoms with Crippen LogP contribution in [0.25, 0.3) is 0 Å². The van der Waals surface area contributed by atoms with Crippen LogP contribution in [0.3, 0.4) is 0 Å². The summed E-state index contributed by atoms with van der Waals surface area (Å²) in [7, 11) is 2.92. The van der Waals surface area contributed by atoms with Crippen molar-refractivity contribution in [1.29, 1.82) is 0 Å². The molecule has 1 atom stereocenters. The summed E-state index contributed by atoms with van der Waals surface area (Å²) in [5.41, 5.74) is 0. The van der Waals surface area contributed by atoms with Crippen molar-refractivity contribution >= 4 is 21.6 Å². The first kappa shape index (κ1) is 22.5. The highest BCUT2D eigenvalue weighted by atomic mass is 33.1. The second-order valence-corrected chi connectivity index (χ2v) is 8.79. The minimum Gasteiger partial charge on any atom is -0.171 e. The molecule has 0 radical (unpaired) electrons. The van der Waals surface area contributed by atoms with Crippen LogP contribution in [-0.2, 0) is 0 Å². The van der Waals surface area contributed by atoms with Gasteiger partial charge in [-0.05, 0) is 25.0 Å². The highest BCUT2D eigenvalue weighted by molar-refractivity contribution is 8.76. The molecule has 0 aliphatic heterocycles. The standard InChI is InChI=1S/C17H33F3S2/c1-4-6-8-10-12-15(13-11-9-7-5-2)16(22-21-3)14-17(18,19)20/h15-16H,4-14H2,1-3H3. The molecule has 22 heavy (non-hydrogen) atoms. The quantitative estimate of drug-likeness (QED) is 0.229. The first-order valence-electron chi connectivity index (χ1n) is 8.70. The summed E-state index contributed by atoms with van der Waals surface area (Å²) < 4.78 is 38.6. The number of alkyl halides is 3. The highest BCUT2D eigenvalue weighted by Gasteiger charge is 2.35. The normalized spacial score (nSPS) is 13.8. The van der Waals surface area contributed by atoms with Crippen LogP contribution >= 0.6 is 21.6 Å². The zero-order chi connectivity index (χ0) is 16.8. The molecule has 134 valence electrons. The van der Waals surface area contributed by atoms with Crippen molar-refractivity contribution in [2.24, 2.45) is 5.92 Å². The summed E-state index contributed by atoms with van der Waals surface area (Å²) in [6.07, 6.45) is 8.34. The number of rotatable bonds is 14. The molecule has 0 heterocycles. The van der Waals surface area contributed by atoms with E-state index >= 15 is 0 Å². The van der Waals surface area contributed by atoms with Gasteiger partial charge < -0.3 is 0 Å². The average Bonchev–Trinajstić information content (AvgIpc) is 2.44. The van der Waals surface area contributed by atoms with Crippen LogP contribution < -0.4 is 0 Å². The van der Waals surface area contributed by atoms with Crippen LogP contribution in [0, 0.1) is 5.92 Å². The van der Waals surface area contributed by atoms with Crippen LogP contribution in [0.1, 0.15) is 84.5 Å². The highest BCUT2D eigenvalue weighted by Crippen LogP contribution is 2.40.